The molecule has 0 radical (unpaired) electrons. The Morgan fingerprint density at radius 3 is 2.70 bits per heavy atom. The molecule has 0 fully saturated rings. The van der Waals surface area contributed by atoms with Crippen molar-refractivity contribution in [2.75, 3.05) is 5.32 Å². The van der Waals surface area contributed by atoms with Crippen LogP contribution in [-0.4, -0.2) is 5.91 Å². The third kappa shape index (κ3) is 2.04. The highest BCUT2D eigenvalue weighted by Crippen LogP contribution is 2.39. The van der Waals surface area contributed by atoms with Crippen LogP contribution in [0, 0.1) is 0 Å². The maximum absolute atomic E-state index is 11.9. The SMILES string of the molecule is CC1(C)C(=O)Nc2ccc(C(N)c3ccc(Cl)s3)cc21. The smallest absolute Gasteiger partial charge is 0.234 e. The van der Waals surface area contributed by atoms with Crippen LogP contribution in [-0.2, 0) is 10.2 Å². The molecule has 3 nitrogen and oxygen atoms in total. The number of nitrogens with one attached hydrogen (secondary N) is 1. The summed E-state index contributed by atoms with van der Waals surface area (Å²) in [5.41, 5.74) is 8.64. The summed E-state index contributed by atoms with van der Waals surface area (Å²) < 4.78 is 0.730. The van der Waals surface area contributed by atoms with Gasteiger partial charge in [0.1, 0.15) is 0 Å². The van der Waals surface area contributed by atoms with Crippen molar-refractivity contribution in [3.8, 4) is 0 Å². The van der Waals surface area contributed by atoms with Crippen molar-refractivity contribution in [3.05, 3.63) is 50.7 Å². The Balaban J connectivity index is 2.02. The van der Waals surface area contributed by atoms with Gasteiger partial charge in [-0.1, -0.05) is 23.7 Å². The number of thiophene rings is 1. The van der Waals surface area contributed by atoms with Crippen LogP contribution in [0.1, 0.15) is 35.9 Å². The van der Waals surface area contributed by atoms with Gasteiger partial charge in [-0.2, -0.15) is 0 Å². The number of halogens is 1. The molecule has 1 atom stereocenters. The van der Waals surface area contributed by atoms with Crippen LogP contribution in [0.2, 0.25) is 4.34 Å². The zero-order chi connectivity index (χ0) is 14.5. The number of anilines is 1. The van der Waals surface area contributed by atoms with Crippen LogP contribution in [0.5, 0.6) is 0 Å². The topological polar surface area (TPSA) is 55.1 Å². The molecule has 1 aromatic carbocycles. The molecule has 1 unspecified atom stereocenters. The third-order valence-electron chi connectivity index (χ3n) is 3.79. The molecular formula is C15H15ClN2OS. The van der Waals surface area contributed by atoms with Gasteiger partial charge in [-0.15, -0.1) is 11.3 Å². The van der Waals surface area contributed by atoms with Crippen LogP contribution < -0.4 is 11.1 Å². The highest BCUT2D eigenvalue weighted by molar-refractivity contribution is 7.16. The standard InChI is InChI=1S/C15H15ClN2OS/c1-15(2)9-7-8(3-4-10(9)18-14(15)19)13(17)11-5-6-12(16)20-11/h3-7,13H,17H2,1-2H3,(H,18,19). The summed E-state index contributed by atoms with van der Waals surface area (Å²) in [6.07, 6.45) is 0. The molecular weight excluding hydrogens is 292 g/mol. The maximum Gasteiger partial charge on any atom is 0.234 e. The van der Waals surface area contributed by atoms with E-state index >= 15 is 0 Å². The monoisotopic (exact) mass is 306 g/mol. The van der Waals surface area contributed by atoms with Crippen molar-refractivity contribution in [2.45, 2.75) is 25.3 Å². The minimum absolute atomic E-state index is 0.0254. The highest BCUT2D eigenvalue weighted by Gasteiger charge is 2.38. The van der Waals surface area contributed by atoms with E-state index < -0.39 is 5.41 Å². The second-order valence-corrected chi connectivity index (χ2v) is 7.25. The second kappa shape index (κ2) is 4.58. The van der Waals surface area contributed by atoms with E-state index in [1.54, 1.807) is 0 Å². The Morgan fingerprint density at radius 1 is 1.30 bits per heavy atom. The number of rotatable bonds is 2. The summed E-state index contributed by atoms with van der Waals surface area (Å²) in [5, 5.41) is 2.90. The zero-order valence-electron chi connectivity index (χ0n) is 11.2. The number of fused-ring (bicyclic) bond motifs is 1. The number of amides is 1. The number of carbonyl (C=O) groups excluding carboxylic acids is 1. The largest absolute Gasteiger partial charge is 0.325 e. The molecule has 1 amide bonds. The van der Waals surface area contributed by atoms with Crippen molar-refractivity contribution >= 4 is 34.5 Å². The van der Waals surface area contributed by atoms with Gasteiger partial charge in [-0.3, -0.25) is 4.79 Å². The Kier molecular flexibility index (Phi) is 3.12. The summed E-state index contributed by atoms with van der Waals surface area (Å²) in [4.78, 5) is 13.0. The first-order valence-corrected chi connectivity index (χ1v) is 7.56. The van der Waals surface area contributed by atoms with Gasteiger partial charge in [0.2, 0.25) is 5.91 Å². The average Bonchev–Trinajstić information content (AvgIpc) is 2.92. The van der Waals surface area contributed by atoms with Gasteiger partial charge in [0.25, 0.3) is 0 Å². The summed E-state index contributed by atoms with van der Waals surface area (Å²) >= 11 is 7.44. The lowest BCUT2D eigenvalue weighted by atomic mass is 9.84. The number of hydrogen-bond donors (Lipinski definition) is 2. The van der Waals surface area contributed by atoms with E-state index in [4.69, 9.17) is 17.3 Å². The van der Waals surface area contributed by atoms with E-state index in [2.05, 4.69) is 5.32 Å². The Labute approximate surface area is 126 Å². The lowest BCUT2D eigenvalue weighted by molar-refractivity contribution is -0.119. The van der Waals surface area contributed by atoms with Gasteiger partial charge in [0.05, 0.1) is 15.8 Å². The third-order valence-corrected chi connectivity index (χ3v) is 5.11. The average molecular weight is 307 g/mol. The first kappa shape index (κ1) is 13.6. The van der Waals surface area contributed by atoms with Crippen LogP contribution in [0.25, 0.3) is 0 Å². The highest BCUT2D eigenvalue weighted by atomic mass is 35.5. The molecule has 3 rings (SSSR count). The number of benzene rings is 1. The van der Waals surface area contributed by atoms with Crippen molar-refractivity contribution in [1.82, 2.24) is 0 Å². The minimum atomic E-state index is -0.516. The molecule has 5 heteroatoms. The minimum Gasteiger partial charge on any atom is -0.325 e. The van der Waals surface area contributed by atoms with Crippen molar-refractivity contribution in [3.63, 3.8) is 0 Å². The fourth-order valence-corrected chi connectivity index (χ4v) is 3.53. The quantitative estimate of drug-likeness (QED) is 0.889. The maximum atomic E-state index is 11.9. The second-order valence-electron chi connectivity index (χ2n) is 5.50. The normalized spacial score (nSPS) is 17.7. The molecule has 0 spiro atoms. The zero-order valence-corrected chi connectivity index (χ0v) is 12.8. The van der Waals surface area contributed by atoms with Crippen molar-refractivity contribution in [1.29, 1.82) is 0 Å². The molecule has 2 heterocycles. The van der Waals surface area contributed by atoms with E-state index in [9.17, 15) is 4.79 Å². The summed E-state index contributed by atoms with van der Waals surface area (Å²) in [7, 11) is 0. The van der Waals surface area contributed by atoms with Crippen molar-refractivity contribution in [2.24, 2.45) is 5.73 Å². The van der Waals surface area contributed by atoms with Crippen LogP contribution in [0.3, 0.4) is 0 Å². The lowest BCUT2D eigenvalue weighted by Crippen LogP contribution is -2.27. The van der Waals surface area contributed by atoms with E-state index in [-0.39, 0.29) is 11.9 Å². The molecule has 0 saturated carbocycles. The van der Waals surface area contributed by atoms with E-state index in [1.807, 2.05) is 44.2 Å². The van der Waals surface area contributed by atoms with Gasteiger partial charge in [-0.25, -0.2) is 0 Å². The van der Waals surface area contributed by atoms with Gasteiger partial charge >= 0.3 is 0 Å². The molecule has 1 aromatic heterocycles. The van der Waals surface area contributed by atoms with Crippen molar-refractivity contribution < 1.29 is 4.79 Å². The van der Waals surface area contributed by atoms with Gasteiger partial charge < -0.3 is 11.1 Å². The molecule has 2 aromatic rings. The van der Waals surface area contributed by atoms with E-state index in [1.165, 1.54) is 11.3 Å². The van der Waals surface area contributed by atoms with Gasteiger partial charge in [-0.05, 0) is 43.2 Å². The Hall–Kier alpha value is -1.36. The predicted octanol–water partition coefficient (Wildman–Crippen LogP) is 3.68. The molecule has 1 aliphatic rings. The van der Waals surface area contributed by atoms with Crippen LogP contribution >= 0.6 is 22.9 Å². The molecule has 0 saturated heterocycles. The molecule has 3 N–H and O–H groups in total. The Bertz CT molecular complexity index is 693. The van der Waals surface area contributed by atoms with Crippen LogP contribution in [0.15, 0.2) is 30.3 Å². The van der Waals surface area contributed by atoms with Gasteiger partial charge in [0, 0.05) is 10.6 Å². The Morgan fingerprint density at radius 2 is 2.05 bits per heavy atom. The molecule has 20 heavy (non-hydrogen) atoms. The fourth-order valence-electron chi connectivity index (χ4n) is 2.44. The predicted molar refractivity (Wildman–Crippen MR) is 83.5 cm³/mol. The molecule has 104 valence electrons. The molecule has 1 aliphatic heterocycles. The summed E-state index contributed by atoms with van der Waals surface area (Å²) in [6.45, 7) is 3.84. The first-order chi connectivity index (χ1) is 9.39. The van der Waals surface area contributed by atoms with Gasteiger partial charge in [0.15, 0.2) is 0 Å². The summed E-state index contributed by atoms with van der Waals surface area (Å²) in [6, 6.07) is 9.48. The van der Waals surface area contributed by atoms with Crippen LogP contribution in [0.4, 0.5) is 5.69 Å². The van der Waals surface area contributed by atoms with E-state index in [0.29, 0.717) is 0 Å². The number of hydrogen-bond acceptors (Lipinski definition) is 3. The lowest BCUT2D eigenvalue weighted by Gasteiger charge is -2.17. The first-order valence-electron chi connectivity index (χ1n) is 6.36. The number of carbonyl (C=O) groups is 1. The number of nitrogens with two attached hydrogens (primary N) is 1. The summed E-state index contributed by atoms with van der Waals surface area (Å²) in [5.74, 6) is 0.0254. The van der Waals surface area contributed by atoms with E-state index in [0.717, 1.165) is 26.0 Å². The molecule has 0 bridgehead atoms. The fraction of sp³-hybridized carbons (Fsp3) is 0.267. The molecule has 0 aliphatic carbocycles.